The largest absolute Gasteiger partial charge is 0.348 e. The number of nitrogens with one attached hydrogen (secondary N) is 1. The minimum absolute atomic E-state index is 0.108. The van der Waals surface area contributed by atoms with Crippen LogP contribution < -0.4 is 5.32 Å². The minimum atomic E-state index is -0.209. The van der Waals surface area contributed by atoms with Gasteiger partial charge in [0.1, 0.15) is 4.49 Å². The summed E-state index contributed by atoms with van der Waals surface area (Å²) in [6, 6.07) is 0. The van der Waals surface area contributed by atoms with Gasteiger partial charge in [0.15, 0.2) is 0 Å². The van der Waals surface area contributed by atoms with Gasteiger partial charge in [0.05, 0.1) is 6.20 Å². The monoisotopic (exact) mass is 273 g/mol. The fourth-order valence-electron chi connectivity index (χ4n) is 1.17. The highest BCUT2D eigenvalue weighted by atomic mass is 35.5. The third-order valence-electron chi connectivity index (χ3n) is 2.26. The van der Waals surface area contributed by atoms with E-state index in [-0.39, 0.29) is 10.4 Å². The van der Waals surface area contributed by atoms with Crippen LogP contribution in [0.25, 0.3) is 0 Å². The van der Waals surface area contributed by atoms with Crippen LogP contribution in [0.3, 0.4) is 0 Å². The normalized spacial score (nSPS) is 10.6. The Hall–Kier alpha value is -1.26. The van der Waals surface area contributed by atoms with E-state index in [4.69, 9.17) is 23.2 Å². The molecule has 0 atom stereocenters. The van der Waals surface area contributed by atoms with E-state index in [1.165, 1.54) is 18.2 Å². The third-order valence-corrected chi connectivity index (χ3v) is 2.51. The zero-order chi connectivity index (χ0) is 12.8. The zero-order valence-corrected chi connectivity index (χ0v) is 11.1. The molecular formula is C11H13Cl2N3O. The Bertz CT molecular complexity index is 459. The van der Waals surface area contributed by atoms with E-state index in [9.17, 15) is 4.79 Å². The highest BCUT2D eigenvalue weighted by molar-refractivity contribution is 6.56. The SMILES string of the molecule is Cc1c(CNC(=O)C=CC=C(Cl)Cl)cnn1C. The lowest BCUT2D eigenvalue weighted by Crippen LogP contribution is -2.20. The number of aryl methyl sites for hydroxylation is 1. The number of nitrogens with zero attached hydrogens (tertiary/aromatic N) is 2. The predicted octanol–water partition coefficient (Wildman–Crippen LogP) is 2.22. The van der Waals surface area contributed by atoms with Gasteiger partial charge >= 0.3 is 0 Å². The Morgan fingerprint density at radius 2 is 2.29 bits per heavy atom. The van der Waals surface area contributed by atoms with E-state index in [0.29, 0.717) is 6.54 Å². The second-order valence-corrected chi connectivity index (χ2v) is 4.42. The first-order valence-electron chi connectivity index (χ1n) is 4.95. The van der Waals surface area contributed by atoms with Crippen molar-refractivity contribution < 1.29 is 4.79 Å². The number of hydrogen-bond acceptors (Lipinski definition) is 2. The number of hydrogen-bond donors (Lipinski definition) is 1. The lowest BCUT2D eigenvalue weighted by Gasteiger charge is -2.01. The Balaban J connectivity index is 2.46. The predicted molar refractivity (Wildman–Crippen MR) is 68.7 cm³/mol. The van der Waals surface area contributed by atoms with Crippen LogP contribution in [0.1, 0.15) is 11.3 Å². The Morgan fingerprint density at radius 1 is 1.59 bits per heavy atom. The molecule has 0 saturated heterocycles. The van der Waals surface area contributed by atoms with Crippen LogP contribution in [-0.4, -0.2) is 15.7 Å². The van der Waals surface area contributed by atoms with Crippen LogP contribution in [0, 0.1) is 6.92 Å². The van der Waals surface area contributed by atoms with Crippen molar-refractivity contribution in [3.63, 3.8) is 0 Å². The topological polar surface area (TPSA) is 46.9 Å². The fourth-order valence-corrected chi connectivity index (χ4v) is 1.31. The minimum Gasteiger partial charge on any atom is -0.348 e. The summed E-state index contributed by atoms with van der Waals surface area (Å²) < 4.78 is 1.87. The molecule has 0 aliphatic carbocycles. The Labute approximate surface area is 110 Å². The average molecular weight is 274 g/mol. The molecule has 0 radical (unpaired) electrons. The summed E-state index contributed by atoms with van der Waals surface area (Å²) in [7, 11) is 1.85. The molecule has 17 heavy (non-hydrogen) atoms. The van der Waals surface area contributed by atoms with Gasteiger partial charge in [-0.25, -0.2) is 0 Å². The number of amides is 1. The molecule has 0 aliphatic rings. The van der Waals surface area contributed by atoms with Gasteiger partial charge in [-0.3, -0.25) is 9.48 Å². The fraction of sp³-hybridized carbons (Fsp3) is 0.273. The molecule has 1 N–H and O–H groups in total. The molecule has 0 aliphatic heterocycles. The van der Waals surface area contributed by atoms with Gasteiger partial charge in [0.25, 0.3) is 0 Å². The van der Waals surface area contributed by atoms with Gasteiger partial charge in [-0.15, -0.1) is 0 Å². The molecule has 1 heterocycles. The highest BCUT2D eigenvalue weighted by Gasteiger charge is 2.03. The van der Waals surface area contributed by atoms with E-state index in [1.807, 2.05) is 14.0 Å². The zero-order valence-electron chi connectivity index (χ0n) is 9.58. The molecule has 1 aromatic rings. The number of carbonyl (C=O) groups excluding carboxylic acids is 1. The molecule has 6 heteroatoms. The summed E-state index contributed by atoms with van der Waals surface area (Å²) >= 11 is 10.8. The van der Waals surface area contributed by atoms with Crippen molar-refractivity contribution in [1.82, 2.24) is 15.1 Å². The molecular weight excluding hydrogens is 261 g/mol. The Kier molecular flexibility index (Phi) is 5.25. The summed E-state index contributed by atoms with van der Waals surface area (Å²) in [5, 5.41) is 6.81. The maximum Gasteiger partial charge on any atom is 0.244 e. The highest BCUT2D eigenvalue weighted by Crippen LogP contribution is 2.06. The van der Waals surface area contributed by atoms with E-state index < -0.39 is 0 Å². The van der Waals surface area contributed by atoms with E-state index in [0.717, 1.165) is 11.3 Å². The maximum absolute atomic E-state index is 11.4. The summed E-state index contributed by atoms with van der Waals surface area (Å²) in [6.45, 7) is 2.39. The molecule has 1 rings (SSSR count). The van der Waals surface area contributed by atoms with Crippen molar-refractivity contribution in [1.29, 1.82) is 0 Å². The number of carbonyl (C=O) groups is 1. The summed E-state index contributed by atoms with van der Waals surface area (Å²) in [5.41, 5.74) is 2.01. The van der Waals surface area contributed by atoms with Crippen LogP contribution in [0.4, 0.5) is 0 Å². The van der Waals surface area contributed by atoms with Crippen molar-refractivity contribution in [3.05, 3.63) is 40.2 Å². The second-order valence-electron chi connectivity index (χ2n) is 3.41. The lowest BCUT2D eigenvalue weighted by atomic mass is 10.2. The molecule has 0 fully saturated rings. The van der Waals surface area contributed by atoms with Crippen molar-refractivity contribution in [2.45, 2.75) is 13.5 Å². The van der Waals surface area contributed by atoms with E-state index >= 15 is 0 Å². The van der Waals surface area contributed by atoms with Gasteiger partial charge in [-0.2, -0.15) is 5.10 Å². The Morgan fingerprint density at radius 3 is 2.82 bits per heavy atom. The van der Waals surface area contributed by atoms with E-state index in [2.05, 4.69) is 10.4 Å². The quantitative estimate of drug-likeness (QED) is 0.676. The third kappa shape index (κ3) is 4.63. The molecule has 0 aromatic carbocycles. The average Bonchev–Trinajstić information content (AvgIpc) is 2.57. The molecule has 1 aromatic heterocycles. The van der Waals surface area contributed by atoms with Gasteiger partial charge in [-0.05, 0) is 13.0 Å². The van der Waals surface area contributed by atoms with Crippen LogP contribution in [-0.2, 0) is 18.4 Å². The first-order valence-corrected chi connectivity index (χ1v) is 5.71. The number of allylic oxidation sites excluding steroid dienone is 2. The second kappa shape index (κ2) is 6.47. The van der Waals surface area contributed by atoms with Gasteiger partial charge in [0, 0.05) is 30.9 Å². The summed E-state index contributed by atoms with van der Waals surface area (Å²) in [6.07, 6.45) is 6.00. The van der Waals surface area contributed by atoms with Gasteiger partial charge in [-0.1, -0.05) is 29.3 Å². The first kappa shape index (κ1) is 13.8. The number of rotatable bonds is 4. The molecule has 92 valence electrons. The molecule has 4 nitrogen and oxygen atoms in total. The summed E-state index contributed by atoms with van der Waals surface area (Å²) in [5.74, 6) is -0.209. The first-order chi connectivity index (χ1) is 8.00. The van der Waals surface area contributed by atoms with Crippen LogP contribution in [0.2, 0.25) is 0 Å². The standard InChI is InChI=1S/C11H13Cl2N3O/c1-8-9(7-15-16(8)2)6-14-11(17)5-3-4-10(12)13/h3-5,7H,6H2,1-2H3,(H,14,17). The van der Waals surface area contributed by atoms with Crippen molar-refractivity contribution in [2.75, 3.05) is 0 Å². The van der Waals surface area contributed by atoms with Crippen LogP contribution in [0.5, 0.6) is 0 Å². The molecule has 0 spiro atoms. The number of halogens is 2. The molecule has 0 unspecified atom stereocenters. The molecule has 0 bridgehead atoms. The van der Waals surface area contributed by atoms with Crippen molar-refractivity contribution in [2.24, 2.45) is 7.05 Å². The summed E-state index contributed by atoms with van der Waals surface area (Å²) in [4.78, 5) is 11.4. The van der Waals surface area contributed by atoms with E-state index in [1.54, 1.807) is 10.9 Å². The van der Waals surface area contributed by atoms with Gasteiger partial charge < -0.3 is 5.32 Å². The number of aromatic nitrogens is 2. The molecule has 1 amide bonds. The van der Waals surface area contributed by atoms with Gasteiger partial charge in [0.2, 0.25) is 5.91 Å². The van der Waals surface area contributed by atoms with Crippen LogP contribution in [0.15, 0.2) is 28.9 Å². The smallest absolute Gasteiger partial charge is 0.244 e. The lowest BCUT2D eigenvalue weighted by molar-refractivity contribution is -0.116. The van der Waals surface area contributed by atoms with Crippen LogP contribution >= 0.6 is 23.2 Å². The molecule has 0 saturated carbocycles. The van der Waals surface area contributed by atoms with Crippen molar-refractivity contribution >= 4 is 29.1 Å². The maximum atomic E-state index is 11.4. The van der Waals surface area contributed by atoms with Crippen molar-refractivity contribution in [3.8, 4) is 0 Å².